The molecule has 2 aliphatic heterocycles. The van der Waals surface area contributed by atoms with Crippen LogP contribution in [0.4, 0.5) is 18.9 Å². The van der Waals surface area contributed by atoms with E-state index in [1.165, 1.54) is 9.47 Å². The molecule has 0 radical (unpaired) electrons. The van der Waals surface area contributed by atoms with Gasteiger partial charge in [-0.15, -0.1) is 0 Å². The fourth-order valence-corrected chi connectivity index (χ4v) is 4.85. The Morgan fingerprint density at radius 1 is 1.00 bits per heavy atom. The minimum Gasteiger partial charge on any atom is -0.477 e. The second-order valence-electron chi connectivity index (χ2n) is 8.29. The number of fused-ring (bicyclic) bond motifs is 3. The Hall–Kier alpha value is -2.55. The molecule has 9 heteroatoms. The lowest BCUT2D eigenvalue weighted by Gasteiger charge is -2.40. The average molecular weight is 407 g/mol. The van der Waals surface area contributed by atoms with Crippen LogP contribution in [0.15, 0.2) is 11.0 Å². The summed E-state index contributed by atoms with van der Waals surface area (Å²) >= 11 is 0. The monoisotopic (exact) mass is 407 g/mol. The van der Waals surface area contributed by atoms with Gasteiger partial charge in [0.15, 0.2) is 17.5 Å². The van der Waals surface area contributed by atoms with E-state index < -0.39 is 45.5 Å². The number of benzene rings is 1. The molecule has 2 bridgehead atoms. The average Bonchev–Trinajstić information content (AvgIpc) is 3.48. The van der Waals surface area contributed by atoms with Crippen LogP contribution in [0.25, 0.3) is 10.9 Å². The minimum atomic E-state index is -1.55. The third-order valence-corrected chi connectivity index (χ3v) is 6.61. The van der Waals surface area contributed by atoms with Crippen LogP contribution in [0.3, 0.4) is 0 Å². The fourth-order valence-electron chi connectivity index (χ4n) is 4.85. The number of hydrogen-bond donors (Lipinski definition) is 1. The van der Waals surface area contributed by atoms with Crippen molar-refractivity contribution in [1.82, 2.24) is 9.47 Å². The highest BCUT2D eigenvalue weighted by Crippen LogP contribution is 2.41. The third kappa shape index (κ3) is 2.59. The van der Waals surface area contributed by atoms with Gasteiger partial charge < -0.3 is 14.6 Å². The van der Waals surface area contributed by atoms with E-state index in [9.17, 15) is 14.7 Å². The van der Waals surface area contributed by atoms with Crippen molar-refractivity contribution in [1.29, 1.82) is 0 Å². The maximum Gasteiger partial charge on any atom is 0.341 e. The van der Waals surface area contributed by atoms with Gasteiger partial charge in [0.1, 0.15) is 11.3 Å². The number of halogens is 3. The van der Waals surface area contributed by atoms with Crippen LogP contribution >= 0.6 is 0 Å². The van der Waals surface area contributed by atoms with E-state index in [0.29, 0.717) is 25.9 Å². The zero-order chi connectivity index (χ0) is 20.6. The van der Waals surface area contributed by atoms with Crippen LogP contribution in [0.2, 0.25) is 0 Å². The molecular formula is C20H20F3N3O3. The molecule has 5 rings (SSSR count). The Kier molecular flexibility index (Phi) is 3.96. The van der Waals surface area contributed by atoms with Crippen LogP contribution < -0.4 is 10.3 Å². The van der Waals surface area contributed by atoms with Gasteiger partial charge in [-0.25, -0.2) is 18.0 Å². The summed E-state index contributed by atoms with van der Waals surface area (Å²) in [7, 11) is 1.98. The predicted octanol–water partition coefficient (Wildman–Crippen LogP) is 2.73. The van der Waals surface area contributed by atoms with Crippen molar-refractivity contribution in [2.75, 3.05) is 25.0 Å². The van der Waals surface area contributed by atoms with Crippen molar-refractivity contribution in [3.05, 3.63) is 39.4 Å². The first kappa shape index (κ1) is 18.5. The number of carbonyl (C=O) groups is 1. The lowest BCUT2D eigenvalue weighted by atomic mass is 10.1. The summed E-state index contributed by atoms with van der Waals surface area (Å²) in [6.07, 6.45) is 4.19. The van der Waals surface area contributed by atoms with Crippen molar-refractivity contribution in [2.24, 2.45) is 0 Å². The molecule has 3 heterocycles. The summed E-state index contributed by atoms with van der Waals surface area (Å²) in [6, 6.07) is 0.0321. The van der Waals surface area contributed by atoms with Crippen LogP contribution in [-0.2, 0) is 0 Å². The number of likely N-dealkylation sites (N-methyl/N-ethyl adjacent to an activating group) is 1. The molecule has 1 saturated carbocycles. The maximum absolute atomic E-state index is 15.7. The summed E-state index contributed by atoms with van der Waals surface area (Å²) in [6.45, 7) is 0.735. The third-order valence-electron chi connectivity index (χ3n) is 6.61. The van der Waals surface area contributed by atoms with Gasteiger partial charge in [-0.05, 0) is 32.7 Å². The van der Waals surface area contributed by atoms with Crippen LogP contribution in [0.5, 0.6) is 0 Å². The molecule has 0 spiro atoms. The molecule has 1 N–H and O–H groups in total. The van der Waals surface area contributed by atoms with E-state index in [4.69, 9.17) is 0 Å². The molecule has 1 aliphatic carbocycles. The summed E-state index contributed by atoms with van der Waals surface area (Å²) in [5.74, 6) is -5.46. The Labute approximate surface area is 164 Å². The van der Waals surface area contributed by atoms with Gasteiger partial charge in [-0.2, -0.15) is 0 Å². The number of hydrogen-bond acceptors (Lipinski definition) is 4. The molecule has 2 unspecified atom stereocenters. The van der Waals surface area contributed by atoms with Gasteiger partial charge in [-0.3, -0.25) is 9.69 Å². The molecule has 2 atom stereocenters. The minimum absolute atomic E-state index is 0.131. The van der Waals surface area contributed by atoms with E-state index >= 15 is 13.2 Å². The number of piperazine rings is 1. The number of aromatic carboxylic acids is 1. The zero-order valence-corrected chi connectivity index (χ0v) is 15.8. The van der Waals surface area contributed by atoms with Gasteiger partial charge in [0, 0.05) is 37.4 Å². The van der Waals surface area contributed by atoms with Crippen molar-refractivity contribution in [3.63, 3.8) is 0 Å². The van der Waals surface area contributed by atoms with Gasteiger partial charge in [0.05, 0.1) is 10.9 Å². The highest BCUT2D eigenvalue weighted by molar-refractivity contribution is 5.94. The van der Waals surface area contributed by atoms with Crippen molar-refractivity contribution >= 4 is 22.6 Å². The van der Waals surface area contributed by atoms with Gasteiger partial charge >= 0.3 is 5.97 Å². The quantitative estimate of drug-likeness (QED) is 0.793. The molecule has 3 aliphatic rings. The zero-order valence-electron chi connectivity index (χ0n) is 15.8. The second-order valence-corrected chi connectivity index (χ2v) is 8.29. The Balaban J connectivity index is 1.77. The van der Waals surface area contributed by atoms with Crippen LogP contribution in [-0.4, -0.2) is 52.8 Å². The number of nitrogens with zero attached hydrogens (tertiary/aromatic N) is 3. The lowest BCUT2D eigenvalue weighted by Crippen LogP contribution is -2.52. The molecule has 1 aromatic carbocycles. The number of carboxylic acid groups (broad SMARTS) is 1. The normalized spacial score (nSPS) is 24.5. The molecule has 6 nitrogen and oxygen atoms in total. The second kappa shape index (κ2) is 6.22. The van der Waals surface area contributed by atoms with Crippen molar-refractivity contribution < 1.29 is 23.1 Å². The first-order chi connectivity index (χ1) is 13.8. The molecule has 154 valence electrons. The van der Waals surface area contributed by atoms with E-state index in [-0.39, 0.29) is 23.6 Å². The predicted molar refractivity (Wildman–Crippen MR) is 100 cm³/mol. The number of rotatable bonds is 3. The molecule has 0 amide bonds. The van der Waals surface area contributed by atoms with Crippen molar-refractivity contribution in [2.45, 2.75) is 43.8 Å². The highest BCUT2D eigenvalue weighted by atomic mass is 19.2. The number of carboxylic acids is 1. The fraction of sp³-hybridized carbons (Fsp3) is 0.500. The molecule has 2 saturated heterocycles. The Morgan fingerprint density at radius 3 is 2.14 bits per heavy atom. The van der Waals surface area contributed by atoms with Crippen molar-refractivity contribution in [3.8, 4) is 0 Å². The van der Waals surface area contributed by atoms with Gasteiger partial charge in [-0.1, -0.05) is 0 Å². The Bertz CT molecular complexity index is 1100. The van der Waals surface area contributed by atoms with E-state index in [2.05, 4.69) is 4.90 Å². The number of pyridine rings is 1. The summed E-state index contributed by atoms with van der Waals surface area (Å²) in [5, 5.41) is 8.47. The van der Waals surface area contributed by atoms with E-state index in [0.717, 1.165) is 19.0 Å². The molecule has 29 heavy (non-hydrogen) atoms. The standard InChI is InChI=1S/C20H20F3N3O3/c1-24-10-4-5-11(24)7-25(6-10)18-15(22)14(21)13-17(16(18)23)26(9-2-3-9)8-12(19(13)27)20(28)29/h8-11H,2-7H2,1H3,(H,28,29). The van der Waals surface area contributed by atoms with Crippen LogP contribution in [0.1, 0.15) is 42.1 Å². The molecule has 2 aromatic rings. The molecule has 1 aromatic heterocycles. The first-order valence-corrected chi connectivity index (χ1v) is 9.75. The summed E-state index contributed by atoms with van der Waals surface area (Å²) < 4.78 is 47.1. The maximum atomic E-state index is 15.7. The molecular weight excluding hydrogens is 387 g/mol. The largest absolute Gasteiger partial charge is 0.477 e. The number of aromatic nitrogens is 1. The number of anilines is 1. The SMILES string of the molecule is CN1C2CCC1CN(c1c(F)c(F)c3c(=O)c(C(=O)O)cn(C4CC4)c3c1F)C2. The lowest BCUT2D eigenvalue weighted by molar-refractivity contribution is 0.0694. The first-order valence-electron chi connectivity index (χ1n) is 9.75. The summed E-state index contributed by atoms with van der Waals surface area (Å²) in [5.41, 5.74) is -2.70. The molecule has 3 fully saturated rings. The smallest absolute Gasteiger partial charge is 0.341 e. The Morgan fingerprint density at radius 2 is 1.59 bits per heavy atom. The highest BCUT2D eigenvalue weighted by Gasteiger charge is 2.41. The topological polar surface area (TPSA) is 65.8 Å². The van der Waals surface area contributed by atoms with E-state index in [1.54, 1.807) is 0 Å². The van der Waals surface area contributed by atoms with Crippen LogP contribution in [0, 0.1) is 17.5 Å². The van der Waals surface area contributed by atoms with E-state index in [1.807, 2.05) is 7.05 Å². The van der Waals surface area contributed by atoms with Gasteiger partial charge in [0.2, 0.25) is 5.43 Å². The summed E-state index contributed by atoms with van der Waals surface area (Å²) in [4.78, 5) is 27.7. The van der Waals surface area contributed by atoms with Gasteiger partial charge in [0.25, 0.3) is 0 Å².